The quantitative estimate of drug-likeness (QED) is 0.123. The van der Waals surface area contributed by atoms with Gasteiger partial charge in [-0.3, -0.25) is 0 Å². The molecule has 1 saturated carbocycles. The van der Waals surface area contributed by atoms with E-state index in [1.807, 2.05) is 63.2 Å². The minimum absolute atomic E-state index is 0.153. The van der Waals surface area contributed by atoms with Crippen LogP contribution in [0, 0.1) is 31.6 Å². The average Bonchev–Trinajstić information content (AvgIpc) is 3.54. The Kier molecular flexibility index (Phi) is 9.17. The van der Waals surface area contributed by atoms with Crippen LogP contribution in [0.1, 0.15) is 49.3 Å². The molecule has 0 bridgehead atoms. The molecule has 41 heavy (non-hydrogen) atoms. The lowest BCUT2D eigenvalue weighted by Gasteiger charge is -2.30. The van der Waals surface area contributed by atoms with Gasteiger partial charge in [0.25, 0.3) is 0 Å². The Labute approximate surface area is 247 Å². The third-order valence-corrected chi connectivity index (χ3v) is 9.84. The van der Waals surface area contributed by atoms with Gasteiger partial charge in [-0.2, -0.15) is 0 Å². The van der Waals surface area contributed by atoms with Crippen LogP contribution in [0.15, 0.2) is 118 Å². The standard InChI is InChI=1S/C37H37O3S/c1-28-25-34(41(32-19-9-5-10-20-32)33-21-11-6-12-22-33)26-29(2)36(28)39-27-35(38)40-37(3,31-17-13-14-18-31)24-23-30-15-7-4-8-16-30/h4-12,15-16,19-22,25-26,31H,13-14,17-18,27H2,1-3H3/q+1. The summed E-state index contributed by atoms with van der Waals surface area (Å²) in [6.45, 7) is 5.89. The molecule has 0 aromatic heterocycles. The van der Waals surface area contributed by atoms with Gasteiger partial charge in [0.05, 0.1) is 10.9 Å². The highest BCUT2D eigenvalue weighted by Crippen LogP contribution is 2.37. The third kappa shape index (κ3) is 7.04. The molecule has 0 aliphatic heterocycles. The van der Waals surface area contributed by atoms with Gasteiger partial charge in [0.1, 0.15) is 5.75 Å². The van der Waals surface area contributed by atoms with Gasteiger partial charge < -0.3 is 9.47 Å². The third-order valence-electron chi connectivity index (χ3n) is 7.65. The van der Waals surface area contributed by atoms with E-state index in [0.29, 0.717) is 0 Å². The molecule has 1 aliphatic carbocycles. The smallest absolute Gasteiger partial charge is 0.345 e. The molecule has 0 N–H and O–H groups in total. The van der Waals surface area contributed by atoms with E-state index in [0.717, 1.165) is 48.1 Å². The summed E-state index contributed by atoms with van der Waals surface area (Å²) in [5.74, 6) is 7.11. The number of hydrogen-bond acceptors (Lipinski definition) is 3. The number of carbonyl (C=O) groups is 1. The average molecular weight is 562 g/mol. The summed E-state index contributed by atoms with van der Waals surface area (Å²) in [6, 6.07) is 35.4. The molecule has 1 fully saturated rings. The summed E-state index contributed by atoms with van der Waals surface area (Å²) in [6.07, 6.45) is 4.30. The van der Waals surface area contributed by atoms with Gasteiger partial charge in [-0.25, -0.2) is 4.79 Å². The molecule has 208 valence electrons. The number of ether oxygens (including phenoxy) is 2. The van der Waals surface area contributed by atoms with Gasteiger partial charge in [0, 0.05) is 23.6 Å². The van der Waals surface area contributed by atoms with Crippen LogP contribution in [0.4, 0.5) is 0 Å². The first-order valence-corrected chi connectivity index (χ1v) is 15.5. The summed E-state index contributed by atoms with van der Waals surface area (Å²) in [7, 11) is -0.252. The minimum Gasteiger partial charge on any atom is -0.481 e. The van der Waals surface area contributed by atoms with Crippen molar-refractivity contribution in [2.45, 2.75) is 66.7 Å². The van der Waals surface area contributed by atoms with Gasteiger partial charge in [0.15, 0.2) is 26.9 Å². The van der Waals surface area contributed by atoms with Gasteiger partial charge in [-0.1, -0.05) is 73.4 Å². The van der Waals surface area contributed by atoms with E-state index in [1.54, 1.807) is 0 Å². The number of benzene rings is 4. The molecule has 1 atom stereocenters. The van der Waals surface area contributed by atoms with Crippen LogP contribution < -0.4 is 4.74 Å². The first-order chi connectivity index (χ1) is 19.9. The highest BCUT2D eigenvalue weighted by molar-refractivity contribution is 7.97. The van der Waals surface area contributed by atoms with E-state index in [2.05, 4.69) is 72.5 Å². The largest absolute Gasteiger partial charge is 0.481 e. The maximum absolute atomic E-state index is 13.2. The van der Waals surface area contributed by atoms with E-state index in [-0.39, 0.29) is 23.4 Å². The lowest BCUT2D eigenvalue weighted by molar-refractivity contribution is -0.159. The Morgan fingerprint density at radius 3 is 1.85 bits per heavy atom. The maximum atomic E-state index is 13.2. The Morgan fingerprint density at radius 1 is 0.805 bits per heavy atom. The van der Waals surface area contributed by atoms with Crippen LogP contribution in [0.3, 0.4) is 0 Å². The maximum Gasteiger partial charge on any atom is 0.345 e. The van der Waals surface area contributed by atoms with E-state index < -0.39 is 11.6 Å². The summed E-state index contributed by atoms with van der Waals surface area (Å²) in [5.41, 5.74) is 2.07. The summed E-state index contributed by atoms with van der Waals surface area (Å²) >= 11 is 0. The first kappa shape index (κ1) is 28.6. The van der Waals surface area contributed by atoms with Crippen molar-refractivity contribution < 1.29 is 14.3 Å². The molecule has 5 rings (SSSR count). The van der Waals surface area contributed by atoms with Crippen molar-refractivity contribution in [3.8, 4) is 17.6 Å². The molecule has 3 nitrogen and oxygen atoms in total. The fraction of sp³-hybridized carbons (Fsp3) is 0.270. The number of esters is 1. The molecule has 0 amide bonds. The summed E-state index contributed by atoms with van der Waals surface area (Å²) in [4.78, 5) is 16.9. The van der Waals surface area contributed by atoms with E-state index in [1.165, 1.54) is 14.7 Å². The van der Waals surface area contributed by atoms with E-state index >= 15 is 0 Å². The van der Waals surface area contributed by atoms with Crippen molar-refractivity contribution >= 4 is 16.9 Å². The number of rotatable bonds is 8. The molecule has 0 spiro atoms. The molecule has 1 unspecified atom stereocenters. The van der Waals surface area contributed by atoms with Crippen molar-refractivity contribution in [3.05, 3.63) is 120 Å². The molecular weight excluding hydrogens is 524 g/mol. The van der Waals surface area contributed by atoms with Crippen molar-refractivity contribution in [2.75, 3.05) is 6.61 Å². The van der Waals surface area contributed by atoms with Crippen LogP contribution in [0.25, 0.3) is 0 Å². The van der Waals surface area contributed by atoms with Gasteiger partial charge >= 0.3 is 5.97 Å². The van der Waals surface area contributed by atoms with Crippen LogP contribution in [0.2, 0.25) is 0 Å². The number of hydrogen-bond donors (Lipinski definition) is 0. The Bertz CT molecular complexity index is 1450. The molecule has 4 heteroatoms. The second-order valence-corrected chi connectivity index (χ2v) is 12.8. The molecule has 0 radical (unpaired) electrons. The number of aryl methyl sites for hydroxylation is 2. The minimum atomic E-state index is -0.847. The van der Waals surface area contributed by atoms with Crippen molar-refractivity contribution in [1.82, 2.24) is 0 Å². The van der Waals surface area contributed by atoms with Crippen molar-refractivity contribution in [1.29, 1.82) is 0 Å². The zero-order valence-electron chi connectivity index (χ0n) is 24.1. The second-order valence-electron chi connectivity index (χ2n) is 10.8. The normalized spacial score (nSPS) is 14.6. The van der Waals surface area contributed by atoms with Gasteiger partial charge in [0.2, 0.25) is 0 Å². The fourth-order valence-electron chi connectivity index (χ4n) is 5.58. The fourth-order valence-corrected chi connectivity index (χ4v) is 7.84. The zero-order valence-corrected chi connectivity index (χ0v) is 24.9. The van der Waals surface area contributed by atoms with Crippen LogP contribution in [0.5, 0.6) is 5.75 Å². The Balaban J connectivity index is 1.34. The molecule has 4 aromatic carbocycles. The first-order valence-electron chi connectivity index (χ1n) is 14.3. The second kappa shape index (κ2) is 13.1. The van der Waals surface area contributed by atoms with Crippen molar-refractivity contribution in [3.63, 3.8) is 0 Å². The zero-order chi connectivity index (χ0) is 28.7. The predicted octanol–water partition coefficient (Wildman–Crippen LogP) is 8.32. The van der Waals surface area contributed by atoms with Crippen LogP contribution >= 0.6 is 0 Å². The Hall–Kier alpha value is -3.94. The number of carbonyl (C=O) groups excluding carboxylic acids is 1. The highest BCUT2D eigenvalue weighted by atomic mass is 32.2. The lowest BCUT2D eigenvalue weighted by atomic mass is 9.87. The monoisotopic (exact) mass is 561 g/mol. The van der Waals surface area contributed by atoms with Crippen molar-refractivity contribution in [2.24, 2.45) is 5.92 Å². The molecule has 0 heterocycles. The SMILES string of the molecule is Cc1cc([S+](c2ccccc2)c2ccccc2)cc(C)c1OCC(=O)OC(C)(C#Cc1ccccc1)C1CCCC1. The molecule has 0 saturated heterocycles. The Morgan fingerprint density at radius 2 is 1.32 bits per heavy atom. The molecular formula is C37H37O3S+. The van der Waals surface area contributed by atoms with Gasteiger partial charge in [-0.15, -0.1) is 0 Å². The lowest BCUT2D eigenvalue weighted by Crippen LogP contribution is -2.39. The summed E-state index contributed by atoms with van der Waals surface area (Å²) in [5, 5.41) is 0. The van der Waals surface area contributed by atoms with Gasteiger partial charge in [-0.05, 0) is 87.1 Å². The van der Waals surface area contributed by atoms with Crippen LogP contribution in [-0.2, 0) is 20.4 Å². The van der Waals surface area contributed by atoms with E-state index in [9.17, 15) is 4.79 Å². The summed E-state index contributed by atoms with van der Waals surface area (Å²) < 4.78 is 12.2. The topological polar surface area (TPSA) is 35.5 Å². The highest BCUT2D eigenvalue weighted by Gasteiger charge is 2.38. The molecule has 1 aliphatic rings. The predicted molar refractivity (Wildman–Crippen MR) is 166 cm³/mol. The van der Waals surface area contributed by atoms with Crippen LogP contribution in [-0.4, -0.2) is 18.2 Å². The van der Waals surface area contributed by atoms with E-state index in [4.69, 9.17) is 9.47 Å². The molecule has 4 aromatic rings.